The monoisotopic (exact) mass is 125 g/mol. The molecule has 52 valence electrons. The molecule has 1 N–H and O–H groups in total. The fraction of sp³-hybridized carbons (Fsp3) is 1.00. The lowest BCUT2D eigenvalue weighted by atomic mass is 9.77. The average molecular weight is 125 g/mol. The van der Waals surface area contributed by atoms with Crippen molar-refractivity contribution < 1.29 is 0 Å². The van der Waals surface area contributed by atoms with Gasteiger partial charge in [0.25, 0.3) is 0 Å². The van der Waals surface area contributed by atoms with E-state index in [-0.39, 0.29) is 0 Å². The zero-order valence-electron chi connectivity index (χ0n) is 6.11. The van der Waals surface area contributed by atoms with Crippen LogP contribution in [-0.4, -0.2) is 12.1 Å². The topological polar surface area (TPSA) is 12.0 Å². The smallest absolute Gasteiger partial charge is 0.0219 e. The van der Waals surface area contributed by atoms with Gasteiger partial charge in [-0.2, -0.15) is 0 Å². The van der Waals surface area contributed by atoms with Gasteiger partial charge < -0.3 is 5.32 Å². The molecular weight excluding hydrogens is 110 g/mol. The normalized spacial score (nSPS) is 48.3. The van der Waals surface area contributed by atoms with Gasteiger partial charge in [0.2, 0.25) is 0 Å². The van der Waals surface area contributed by atoms with Gasteiger partial charge in [-0.25, -0.2) is 0 Å². The van der Waals surface area contributed by atoms with Crippen LogP contribution in [0, 0.1) is 5.92 Å². The molecule has 0 radical (unpaired) electrons. The fourth-order valence-corrected chi connectivity index (χ4v) is 2.46. The van der Waals surface area contributed by atoms with Gasteiger partial charge in [0.1, 0.15) is 0 Å². The average Bonchev–Trinajstić information content (AvgIpc) is 2.10. The van der Waals surface area contributed by atoms with Crippen molar-refractivity contribution in [2.24, 2.45) is 5.92 Å². The van der Waals surface area contributed by atoms with E-state index in [9.17, 15) is 0 Å². The third kappa shape index (κ3) is 0.586. The van der Waals surface area contributed by atoms with Crippen LogP contribution in [0.2, 0.25) is 0 Å². The summed E-state index contributed by atoms with van der Waals surface area (Å²) in [6.45, 7) is 3.61. The van der Waals surface area contributed by atoms with Crippen LogP contribution in [0.15, 0.2) is 0 Å². The van der Waals surface area contributed by atoms with Gasteiger partial charge >= 0.3 is 0 Å². The summed E-state index contributed by atoms with van der Waals surface area (Å²) in [5.41, 5.74) is 0.625. The van der Waals surface area contributed by atoms with E-state index in [1.165, 1.54) is 32.2 Å². The predicted molar refractivity (Wildman–Crippen MR) is 38.4 cm³/mol. The Bertz CT molecular complexity index is 118. The van der Waals surface area contributed by atoms with Gasteiger partial charge in [-0.3, -0.25) is 0 Å². The Kier molecular flexibility index (Phi) is 1.10. The fourth-order valence-electron chi connectivity index (χ4n) is 2.46. The van der Waals surface area contributed by atoms with E-state index < -0.39 is 0 Å². The third-order valence-corrected chi connectivity index (χ3v) is 3.29. The molecule has 2 rings (SSSR count). The molecule has 2 atom stereocenters. The summed E-state index contributed by atoms with van der Waals surface area (Å²) in [6, 6.07) is 0. The highest BCUT2D eigenvalue weighted by molar-refractivity contribution is 5.06. The summed E-state index contributed by atoms with van der Waals surface area (Å²) in [5.74, 6) is 1.04. The molecule has 1 nitrogen and oxygen atoms in total. The molecule has 0 amide bonds. The van der Waals surface area contributed by atoms with E-state index in [1.807, 2.05) is 0 Å². The van der Waals surface area contributed by atoms with Crippen molar-refractivity contribution in [2.45, 2.75) is 38.1 Å². The van der Waals surface area contributed by atoms with Crippen LogP contribution in [-0.2, 0) is 0 Å². The molecule has 1 saturated heterocycles. The summed E-state index contributed by atoms with van der Waals surface area (Å²) < 4.78 is 0. The number of hydrogen-bond acceptors (Lipinski definition) is 1. The first-order chi connectivity index (χ1) is 4.37. The molecule has 1 heteroatoms. The van der Waals surface area contributed by atoms with Crippen molar-refractivity contribution in [3.63, 3.8) is 0 Å². The third-order valence-electron chi connectivity index (χ3n) is 3.29. The lowest BCUT2D eigenvalue weighted by molar-refractivity contribution is 0.130. The highest BCUT2D eigenvalue weighted by Crippen LogP contribution is 2.43. The van der Waals surface area contributed by atoms with E-state index in [0.717, 1.165) is 5.92 Å². The van der Waals surface area contributed by atoms with Gasteiger partial charge in [-0.05, 0) is 25.2 Å². The molecule has 2 fully saturated rings. The highest BCUT2D eigenvalue weighted by Gasteiger charge is 2.47. The van der Waals surface area contributed by atoms with Crippen LogP contribution in [0.3, 0.4) is 0 Å². The molecule has 0 aromatic heterocycles. The van der Waals surface area contributed by atoms with Crippen LogP contribution in [0.25, 0.3) is 0 Å². The van der Waals surface area contributed by atoms with Crippen LogP contribution in [0.5, 0.6) is 0 Å². The maximum absolute atomic E-state index is 3.57. The maximum Gasteiger partial charge on any atom is 0.0219 e. The van der Waals surface area contributed by atoms with Crippen molar-refractivity contribution in [1.82, 2.24) is 5.32 Å². The van der Waals surface area contributed by atoms with E-state index in [2.05, 4.69) is 12.2 Å². The molecule has 0 aromatic rings. The SMILES string of the molecule is CC[C@]12CCC[C@@H]1CN2. The Morgan fingerprint density at radius 3 is 2.89 bits per heavy atom. The van der Waals surface area contributed by atoms with E-state index in [4.69, 9.17) is 0 Å². The lowest BCUT2D eigenvalue weighted by Gasteiger charge is -2.46. The van der Waals surface area contributed by atoms with Crippen molar-refractivity contribution in [3.05, 3.63) is 0 Å². The van der Waals surface area contributed by atoms with Crippen molar-refractivity contribution >= 4 is 0 Å². The molecule has 1 heterocycles. The molecule has 1 aliphatic carbocycles. The van der Waals surface area contributed by atoms with Gasteiger partial charge in [0.15, 0.2) is 0 Å². The van der Waals surface area contributed by atoms with Gasteiger partial charge in [0.05, 0.1) is 0 Å². The first-order valence-corrected chi connectivity index (χ1v) is 4.12. The van der Waals surface area contributed by atoms with Crippen molar-refractivity contribution in [2.75, 3.05) is 6.54 Å². The second-order valence-corrected chi connectivity index (χ2v) is 3.48. The largest absolute Gasteiger partial charge is 0.311 e. The standard InChI is InChI=1S/C8H15N/c1-2-8-5-3-4-7(8)6-9-8/h7,9H,2-6H2,1H3/t7-,8+/m1/s1. The Hall–Kier alpha value is -0.0400. The van der Waals surface area contributed by atoms with Crippen LogP contribution < -0.4 is 5.32 Å². The van der Waals surface area contributed by atoms with Crippen LogP contribution >= 0.6 is 0 Å². The zero-order chi connectivity index (χ0) is 6.32. The molecule has 0 spiro atoms. The highest BCUT2D eigenvalue weighted by atomic mass is 15.1. The van der Waals surface area contributed by atoms with Gasteiger partial charge in [-0.1, -0.05) is 13.3 Å². The molecule has 0 bridgehead atoms. The quantitative estimate of drug-likeness (QED) is 0.560. The Balaban J connectivity index is 2.10. The molecule has 2 aliphatic rings. The number of fused-ring (bicyclic) bond motifs is 1. The number of rotatable bonds is 1. The minimum atomic E-state index is 0.625. The Morgan fingerprint density at radius 2 is 2.56 bits per heavy atom. The molecule has 9 heavy (non-hydrogen) atoms. The predicted octanol–water partition coefficient (Wildman–Crippen LogP) is 1.54. The van der Waals surface area contributed by atoms with Crippen molar-refractivity contribution in [1.29, 1.82) is 0 Å². The summed E-state index contributed by atoms with van der Waals surface area (Å²) in [6.07, 6.45) is 5.73. The summed E-state index contributed by atoms with van der Waals surface area (Å²) in [7, 11) is 0. The first-order valence-electron chi connectivity index (χ1n) is 4.12. The summed E-state index contributed by atoms with van der Waals surface area (Å²) in [4.78, 5) is 0. The maximum atomic E-state index is 3.57. The molecule has 1 aliphatic heterocycles. The second kappa shape index (κ2) is 1.72. The van der Waals surface area contributed by atoms with Crippen LogP contribution in [0.4, 0.5) is 0 Å². The number of nitrogens with one attached hydrogen (secondary N) is 1. The Morgan fingerprint density at radius 1 is 1.67 bits per heavy atom. The summed E-state index contributed by atoms with van der Waals surface area (Å²) in [5, 5.41) is 3.57. The number of hydrogen-bond donors (Lipinski definition) is 1. The summed E-state index contributed by atoms with van der Waals surface area (Å²) >= 11 is 0. The van der Waals surface area contributed by atoms with Gasteiger partial charge in [-0.15, -0.1) is 0 Å². The first kappa shape index (κ1) is 5.72. The molecule has 0 aromatic carbocycles. The molecule has 1 saturated carbocycles. The van der Waals surface area contributed by atoms with Gasteiger partial charge in [0, 0.05) is 12.1 Å². The lowest BCUT2D eigenvalue weighted by Crippen LogP contribution is -2.61. The minimum absolute atomic E-state index is 0.625. The molecular formula is C8H15N. The van der Waals surface area contributed by atoms with Crippen LogP contribution in [0.1, 0.15) is 32.6 Å². The van der Waals surface area contributed by atoms with E-state index in [0.29, 0.717) is 5.54 Å². The zero-order valence-corrected chi connectivity index (χ0v) is 6.11. The van der Waals surface area contributed by atoms with Crippen molar-refractivity contribution in [3.8, 4) is 0 Å². The molecule has 0 unspecified atom stereocenters. The van der Waals surface area contributed by atoms with E-state index in [1.54, 1.807) is 0 Å². The minimum Gasteiger partial charge on any atom is -0.311 e. The van der Waals surface area contributed by atoms with E-state index >= 15 is 0 Å². The Labute approximate surface area is 56.8 Å². The second-order valence-electron chi connectivity index (χ2n) is 3.48.